The zero-order valence-corrected chi connectivity index (χ0v) is 17.9. The highest BCUT2D eigenvalue weighted by Crippen LogP contribution is 2.28. The van der Waals surface area contributed by atoms with Gasteiger partial charge in [0.15, 0.2) is 4.34 Å². The molecule has 0 aliphatic heterocycles. The molecular weight excluding hydrogens is 444 g/mol. The van der Waals surface area contributed by atoms with Crippen LogP contribution < -0.4 is 10.6 Å². The smallest absolute Gasteiger partial charge is 0.230 e. The summed E-state index contributed by atoms with van der Waals surface area (Å²) in [7, 11) is 0. The minimum absolute atomic E-state index is 0.000481. The molecule has 2 N–H and O–H groups in total. The lowest BCUT2D eigenvalue weighted by Crippen LogP contribution is -2.28. The molecule has 1 atom stereocenters. The second-order valence-electron chi connectivity index (χ2n) is 5.91. The highest BCUT2D eigenvalue weighted by molar-refractivity contribution is 9.10. The SMILES string of the molecule is C[C@H](CNC(=O)CSc1nnc(Nc2cccc(Br)c2)s1)c1ccccc1. The van der Waals surface area contributed by atoms with E-state index in [2.05, 4.69) is 55.8 Å². The lowest BCUT2D eigenvalue weighted by molar-refractivity contribution is -0.118. The first kappa shape index (κ1) is 19.9. The Bertz CT molecular complexity index is 888. The molecule has 0 radical (unpaired) electrons. The third kappa shape index (κ3) is 6.34. The fraction of sp³-hybridized carbons (Fsp3) is 0.211. The van der Waals surface area contributed by atoms with Crippen molar-refractivity contribution in [1.82, 2.24) is 15.5 Å². The van der Waals surface area contributed by atoms with Gasteiger partial charge in [-0.25, -0.2) is 0 Å². The van der Waals surface area contributed by atoms with Crippen LogP contribution in [-0.4, -0.2) is 28.4 Å². The van der Waals surface area contributed by atoms with E-state index in [0.717, 1.165) is 14.5 Å². The second-order valence-corrected chi connectivity index (χ2v) is 9.03. The first-order valence-electron chi connectivity index (χ1n) is 8.40. The Kier molecular flexibility index (Phi) is 7.25. The van der Waals surface area contributed by atoms with Gasteiger partial charge in [0.2, 0.25) is 11.0 Å². The molecule has 1 heterocycles. The van der Waals surface area contributed by atoms with Gasteiger partial charge >= 0.3 is 0 Å². The fourth-order valence-corrected chi connectivity index (χ4v) is 4.35. The lowest BCUT2D eigenvalue weighted by Gasteiger charge is -2.12. The van der Waals surface area contributed by atoms with Gasteiger partial charge in [0, 0.05) is 16.7 Å². The number of hydrogen-bond donors (Lipinski definition) is 2. The molecule has 0 unspecified atom stereocenters. The van der Waals surface area contributed by atoms with Crippen molar-refractivity contribution in [3.63, 3.8) is 0 Å². The molecule has 0 saturated carbocycles. The second kappa shape index (κ2) is 9.87. The molecule has 27 heavy (non-hydrogen) atoms. The van der Waals surface area contributed by atoms with Crippen LogP contribution in [0.1, 0.15) is 18.4 Å². The van der Waals surface area contributed by atoms with Crippen molar-refractivity contribution < 1.29 is 4.79 Å². The summed E-state index contributed by atoms with van der Waals surface area (Å²) in [5, 5.41) is 15.1. The van der Waals surface area contributed by atoms with Gasteiger partial charge in [0.1, 0.15) is 0 Å². The average Bonchev–Trinajstić information content (AvgIpc) is 3.12. The van der Waals surface area contributed by atoms with Crippen molar-refractivity contribution in [1.29, 1.82) is 0 Å². The third-order valence-electron chi connectivity index (χ3n) is 3.78. The van der Waals surface area contributed by atoms with Crippen molar-refractivity contribution in [2.45, 2.75) is 17.2 Å². The van der Waals surface area contributed by atoms with Gasteiger partial charge in [-0.15, -0.1) is 10.2 Å². The zero-order valence-electron chi connectivity index (χ0n) is 14.7. The predicted octanol–water partition coefficient (Wildman–Crippen LogP) is 5.06. The molecule has 1 aromatic heterocycles. The molecule has 0 aliphatic carbocycles. The molecule has 0 aliphatic rings. The van der Waals surface area contributed by atoms with E-state index < -0.39 is 0 Å². The number of carbonyl (C=O) groups is 1. The summed E-state index contributed by atoms with van der Waals surface area (Å²) < 4.78 is 1.76. The van der Waals surface area contributed by atoms with Crippen LogP contribution in [0, 0.1) is 0 Å². The molecule has 2 aromatic carbocycles. The summed E-state index contributed by atoms with van der Waals surface area (Å²) in [6, 6.07) is 18.0. The zero-order chi connectivity index (χ0) is 19.1. The number of hydrogen-bond acceptors (Lipinski definition) is 6. The van der Waals surface area contributed by atoms with Crippen LogP contribution in [0.25, 0.3) is 0 Å². The molecule has 1 amide bonds. The van der Waals surface area contributed by atoms with E-state index in [1.54, 1.807) is 0 Å². The van der Waals surface area contributed by atoms with Gasteiger partial charge in [0.25, 0.3) is 0 Å². The molecule has 0 spiro atoms. The number of nitrogens with zero attached hydrogens (tertiary/aromatic N) is 2. The van der Waals surface area contributed by atoms with Gasteiger partial charge in [-0.05, 0) is 29.7 Å². The maximum Gasteiger partial charge on any atom is 0.230 e. The summed E-state index contributed by atoms with van der Waals surface area (Å²) in [6.07, 6.45) is 0. The number of benzene rings is 2. The van der Waals surface area contributed by atoms with Crippen LogP contribution >= 0.6 is 39.0 Å². The first-order valence-corrected chi connectivity index (χ1v) is 11.0. The standard InChI is InChI=1S/C19H19BrN4OS2/c1-13(14-6-3-2-4-7-14)11-21-17(25)12-26-19-24-23-18(27-19)22-16-9-5-8-15(20)10-16/h2-10,13H,11-12H2,1H3,(H,21,25)(H,22,23)/t13-/m1/s1. The van der Waals surface area contributed by atoms with Crippen LogP contribution in [0.5, 0.6) is 0 Å². The number of halogens is 1. The number of thioether (sulfide) groups is 1. The number of amides is 1. The molecule has 0 bridgehead atoms. The van der Waals surface area contributed by atoms with E-state index in [1.807, 2.05) is 42.5 Å². The van der Waals surface area contributed by atoms with E-state index in [1.165, 1.54) is 28.7 Å². The van der Waals surface area contributed by atoms with E-state index in [4.69, 9.17) is 0 Å². The monoisotopic (exact) mass is 462 g/mol. The van der Waals surface area contributed by atoms with Crippen molar-refractivity contribution >= 4 is 55.8 Å². The Morgan fingerprint density at radius 3 is 2.78 bits per heavy atom. The largest absolute Gasteiger partial charge is 0.355 e. The fourth-order valence-electron chi connectivity index (χ4n) is 2.35. The summed E-state index contributed by atoms with van der Waals surface area (Å²) in [5.41, 5.74) is 2.16. The molecule has 3 rings (SSSR count). The lowest BCUT2D eigenvalue weighted by atomic mass is 10.0. The Labute approximate surface area is 175 Å². The van der Waals surface area contributed by atoms with E-state index in [-0.39, 0.29) is 11.8 Å². The summed E-state index contributed by atoms with van der Waals surface area (Å²) in [4.78, 5) is 12.1. The van der Waals surface area contributed by atoms with Crippen molar-refractivity contribution in [3.05, 3.63) is 64.6 Å². The van der Waals surface area contributed by atoms with Gasteiger partial charge < -0.3 is 10.6 Å². The Balaban J connectivity index is 1.43. The molecule has 0 fully saturated rings. The Morgan fingerprint density at radius 2 is 2.00 bits per heavy atom. The highest BCUT2D eigenvalue weighted by atomic mass is 79.9. The molecule has 5 nitrogen and oxygen atoms in total. The quantitative estimate of drug-likeness (QED) is 0.458. The normalized spacial score (nSPS) is 11.8. The maximum absolute atomic E-state index is 12.1. The molecule has 140 valence electrons. The maximum atomic E-state index is 12.1. The third-order valence-corrected chi connectivity index (χ3v) is 6.25. The Hall–Kier alpha value is -1.90. The van der Waals surface area contributed by atoms with Crippen LogP contribution in [0.15, 0.2) is 63.4 Å². The Morgan fingerprint density at radius 1 is 1.19 bits per heavy atom. The van der Waals surface area contributed by atoms with Crippen LogP contribution in [0.2, 0.25) is 0 Å². The van der Waals surface area contributed by atoms with Crippen LogP contribution in [-0.2, 0) is 4.79 Å². The van der Waals surface area contributed by atoms with Crippen LogP contribution in [0.3, 0.4) is 0 Å². The number of nitrogens with one attached hydrogen (secondary N) is 2. The highest BCUT2D eigenvalue weighted by Gasteiger charge is 2.10. The van der Waals surface area contributed by atoms with Crippen molar-refractivity contribution in [2.75, 3.05) is 17.6 Å². The topological polar surface area (TPSA) is 66.9 Å². The molecular formula is C19H19BrN4OS2. The van der Waals surface area contributed by atoms with Gasteiger partial charge in [-0.1, -0.05) is 82.4 Å². The number of rotatable bonds is 8. The number of aromatic nitrogens is 2. The van der Waals surface area contributed by atoms with E-state index in [0.29, 0.717) is 17.4 Å². The van der Waals surface area contributed by atoms with Crippen LogP contribution in [0.4, 0.5) is 10.8 Å². The van der Waals surface area contributed by atoms with Crippen molar-refractivity contribution in [3.8, 4) is 0 Å². The molecule has 0 saturated heterocycles. The van der Waals surface area contributed by atoms with Gasteiger partial charge in [-0.3, -0.25) is 4.79 Å². The number of carbonyl (C=O) groups excluding carboxylic acids is 1. The minimum Gasteiger partial charge on any atom is -0.355 e. The predicted molar refractivity (Wildman–Crippen MR) is 116 cm³/mol. The van der Waals surface area contributed by atoms with Gasteiger partial charge in [-0.2, -0.15) is 0 Å². The minimum atomic E-state index is -0.000481. The van der Waals surface area contributed by atoms with E-state index in [9.17, 15) is 4.79 Å². The molecule has 3 aromatic rings. The molecule has 8 heteroatoms. The average molecular weight is 463 g/mol. The van der Waals surface area contributed by atoms with E-state index >= 15 is 0 Å². The van der Waals surface area contributed by atoms with Gasteiger partial charge in [0.05, 0.1) is 5.75 Å². The summed E-state index contributed by atoms with van der Waals surface area (Å²) in [6.45, 7) is 2.72. The summed E-state index contributed by atoms with van der Waals surface area (Å²) in [5.74, 6) is 0.606. The first-order chi connectivity index (χ1) is 13.1. The van der Waals surface area contributed by atoms with Crippen molar-refractivity contribution in [2.24, 2.45) is 0 Å². The summed E-state index contributed by atoms with van der Waals surface area (Å²) >= 11 is 6.27. The number of anilines is 2.